The molecule has 3 rings (SSSR count). The molecule has 8 nitrogen and oxygen atoms in total. The Morgan fingerprint density at radius 1 is 0.960 bits per heavy atom. The van der Waals surface area contributed by atoms with Crippen molar-refractivity contribution in [1.82, 2.24) is 4.98 Å². The molecule has 25 heavy (non-hydrogen) atoms. The van der Waals surface area contributed by atoms with Crippen LogP contribution >= 0.6 is 0 Å². The number of non-ortho nitro benzene ring substituents is 2. The minimum Gasteiger partial charge on any atom is -0.497 e. The highest BCUT2D eigenvalue weighted by atomic mass is 16.6. The molecule has 0 aliphatic rings. The number of aromatic amines is 1. The first-order chi connectivity index (χ1) is 12.0. The highest BCUT2D eigenvalue weighted by Crippen LogP contribution is 2.25. The normalized spacial score (nSPS) is 11.1. The number of methoxy groups -OCH3 is 1. The third-order valence-corrected chi connectivity index (χ3v) is 3.65. The molecular formula is C17H13N3O5. The van der Waals surface area contributed by atoms with E-state index in [1.807, 2.05) is 24.3 Å². The third kappa shape index (κ3) is 3.47. The van der Waals surface area contributed by atoms with Gasteiger partial charge in [0.25, 0.3) is 11.4 Å². The summed E-state index contributed by atoms with van der Waals surface area (Å²) in [5.41, 5.74) is 1.39. The van der Waals surface area contributed by atoms with Crippen LogP contribution in [0.15, 0.2) is 42.5 Å². The molecule has 0 aliphatic heterocycles. The number of nitro benzene ring substituents is 2. The van der Waals surface area contributed by atoms with Crippen molar-refractivity contribution in [2.75, 3.05) is 7.11 Å². The Bertz CT molecular complexity index is 974. The Hall–Kier alpha value is -3.68. The summed E-state index contributed by atoms with van der Waals surface area (Å²) >= 11 is 0. The molecule has 0 bridgehead atoms. The quantitative estimate of drug-likeness (QED) is 0.554. The summed E-state index contributed by atoms with van der Waals surface area (Å²) in [5, 5.41) is 22.8. The van der Waals surface area contributed by atoms with Crippen LogP contribution < -0.4 is 4.74 Å². The molecule has 0 radical (unpaired) electrons. The van der Waals surface area contributed by atoms with Crippen LogP contribution in [0.5, 0.6) is 5.75 Å². The lowest BCUT2D eigenvalue weighted by Gasteiger charge is -1.97. The van der Waals surface area contributed by atoms with Gasteiger partial charge in [-0.25, -0.2) is 0 Å². The molecule has 2 aromatic carbocycles. The number of nitrogens with zero attached hydrogens (tertiary/aromatic N) is 2. The first kappa shape index (κ1) is 16.2. The molecule has 0 atom stereocenters. The van der Waals surface area contributed by atoms with Crippen molar-refractivity contribution in [1.29, 1.82) is 0 Å². The average Bonchev–Trinajstić information content (AvgIpc) is 3.01. The number of benzene rings is 2. The molecule has 1 aromatic heterocycles. The van der Waals surface area contributed by atoms with Gasteiger partial charge < -0.3 is 9.72 Å². The van der Waals surface area contributed by atoms with Crippen LogP contribution in [0.3, 0.4) is 0 Å². The smallest absolute Gasteiger partial charge is 0.276 e. The maximum atomic E-state index is 10.9. The van der Waals surface area contributed by atoms with Crippen LogP contribution in [0.1, 0.15) is 11.3 Å². The van der Waals surface area contributed by atoms with Crippen molar-refractivity contribution in [3.63, 3.8) is 0 Å². The van der Waals surface area contributed by atoms with E-state index >= 15 is 0 Å². The number of ether oxygens (including phenoxy) is 1. The molecule has 1 heterocycles. The van der Waals surface area contributed by atoms with Crippen LogP contribution in [0.4, 0.5) is 11.4 Å². The van der Waals surface area contributed by atoms with E-state index in [-0.39, 0.29) is 11.4 Å². The molecule has 0 amide bonds. The Labute approximate surface area is 141 Å². The Balaban J connectivity index is 1.95. The van der Waals surface area contributed by atoms with E-state index < -0.39 is 9.85 Å². The highest BCUT2D eigenvalue weighted by molar-refractivity contribution is 5.85. The molecule has 3 aromatic rings. The number of rotatable bonds is 5. The minimum atomic E-state index is -0.653. The monoisotopic (exact) mass is 339 g/mol. The van der Waals surface area contributed by atoms with Crippen LogP contribution in [0.2, 0.25) is 0 Å². The SMILES string of the molecule is COc1ccc2[nH]c(C=Cc3cc([N+](=O)[O-])cc([N+](=O)[O-])c3)cc2c1. The van der Waals surface area contributed by atoms with Crippen molar-refractivity contribution in [3.8, 4) is 5.75 Å². The Morgan fingerprint density at radius 2 is 1.64 bits per heavy atom. The second kappa shape index (κ2) is 6.44. The van der Waals surface area contributed by atoms with E-state index in [1.54, 1.807) is 19.3 Å². The molecule has 0 fully saturated rings. The zero-order valence-electron chi connectivity index (χ0n) is 13.1. The van der Waals surface area contributed by atoms with E-state index in [0.717, 1.165) is 28.4 Å². The molecule has 126 valence electrons. The lowest BCUT2D eigenvalue weighted by molar-refractivity contribution is -0.394. The van der Waals surface area contributed by atoms with Gasteiger partial charge in [-0.1, -0.05) is 6.08 Å². The second-order valence-corrected chi connectivity index (χ2v) is 5.31. The fraction of sp³-hybridized carbons (Fsp3) is 0.0588. The van der Waals surface area contributed by atoms with Gasteiger partial charge in [0.2, 0.25) is 0 Å². The number of fused-ring (bicyclic) bond motifs is 1. The summed E-state index contributed by atoms with van der Waals surface area (Å²) in [6, 6.07) is 11.0. The zero-order chi connectivity index (χ0) is 18.0. The first-order valence-electron chi connectivity index (χ1n) is 7.25. The summed E-state index contributed by atoms with van der Waals surface area (Å²) in [5.74, 6) is 0.733. The van der Waals surface area contributed by atoms with Gasteiger partial charge in [-0.15, -0.1) is 0 Å². The maximum absolute atomic E-state index is 10.9. The summed E-state index contributed by atoms with van der Waals surface area (Å²) in [6.07, 6.45) is 3.29. The average molecular weight is 339 g/mol. The lowest BCUT2D eigenvalue weighted by Crippen LogP contribution is -1.93. The predicted octanol–water partition coefficient (Wildman–Crippen LogP) is 4.16. The first-order valence-corrected chi connectivity index (χ1v) is 7.25. The topological polar surface area (TPSA) is 111 Å². The number of hydrogen-bond donors (Lipinski definition) is 1. The van der Waals surface area contributed by atoms with Crippen LogP contribution in [-0.2, 0) is 0 Å². The molecular weight excluding hydrogens is 326 g/mol. The largest absolute Gasteiger partial charge is 0.497 e. The van der Waals surface area contributed by atoms with Crippen molar-refractivity contribution in [3.05, 3.63) is 74.0 Å². The van der Waals surface area contributed by atoms with E-state index in [2.05, 4.69) is 4.98 Å². The molecule has 0 unspecified atom stereocenters. The van der Waals surface area contributed by atoms with Gasteiger partial charge in [0, 0.05) is 28.7 Å². The number of hydrogen-bond acceptors (Lipinski definition) is 5. The van der Waals surface area contributed by atoms with Gasteiger partial charge in [-0.2, -0.15) is 0 Å². The van der Waals surface area contributed by atoms with Gasteiger partial charge in [0.1, 0.15) is 5.75 Å². The predicted molar refractivity (Wildman–Crippen MR) is 93.5 cm³/mol. The Morgan fingerprint density at radius 3 is 2.24 bits per heavy atom. The number of H-pyrrole nitrogens is 1. The molecule has 8 heteroatoms. The van der Waals surface area contributed by atoms with Crippen molar-refractivity contribution < 1.29 is 14.6 Å². The van der Waals surface area contributed by atoms with Crippen molar-refractivity contribution in [2.24, 2.45) is 0 Å². The second-order valence-electron chi connectivity index (χ2n) is 5.31. The van der Waals surface area contributed by atoms with Gasteiger partial charge in [-0.3, -0.25) is 20.2 Å². The third-order valence-electron chi connectivity index (χ3n) is 3.65. The standard InChI is InChI=1S/C17H13N3O5/c1-25-16-4-5-17-12(9-16)8-13(18-17)3-2-11-6-14(19(21)22)10-15(7-11)20(23)24/h2-10,18H,1H3. The molecule has 0 spiro atoms. The van der Waals surface area contributed by atoms with Gasteiger partial charge in [0.05, 0.1) is 23.0 Å². The van der Waals surface area contributed by atoms with E-state index in [9.17, 15) is 20.2 Å². The van der Waals surface area contributed by atoms with E-state index in [1.165, 1.54) is 12.1 Å². The van der Waals surface area contributed by atoms with Gasteiger partial charge in [-0.05, 0) is 35.9 Å². The summed E-state index contributed by atoms with van der Waals surface area (Å²) in [7, 11) is 1.59. The van der Waals surface area contributed by atoms with Crippen LogP contribution in [-0.4, -0.2) is 21.9 Å². The van der Waals surface area contributed by atoms with Crippen LogP contribution in [0.25, 0.3) is 23.1 Å². The molecule has 1 N–H and O–H groups in total. The van der Waals surface area contributed by atoms with Crippen molar-refractivity contribution >= 4 is 34.4 Å². The summed E-state index contributed by atoms with van der Waals surface area (Å²) in [4.78, 5) is 23.7. The lowest BCUT2D eigenvalue weighted by atomic mass is 10.1. The zero-order valence-corrected chi connectivity index (χ0v) is 13.1. The highest BCUT2D eigenvalue weighted by Gasteiger charge is 2.15. The number of aromatic nitrogens is 1. The van der Waals surface area contributed by atoms with Gasteiger partial charge >= 0.3 is 0 Å². The maximum Gasteiger partial charge on any atom is 0.276 e. The summed E-state index contributed by atoms with van der Waals surface area (Å²) < 4.78 is 5.17. The fourth-order valence-electron chi connectivity index (χ4n) is 2.46. The van der Waals surface area contributed by atoms with E-state index in [0.29, 0.717) is 5.56 Å². The molecule has 0 saturated carbocycles. The van der Waals surface area contributed by atoms with Crippen molar-refractivity contribution in [2.45, 2.75) is 0 Å². The fourth-order valence-corrected chi connectivity index (χ4v) is 2.46. The Kier molecular flexibility index (Phi) is 4.17. The van der Waals surface area contributed by atoms with Gasteiger partial charge in [0.15, 0.2) is 0 Å². The molecule has 0 aliphatic carbocycles. The summed E-state index contributed by atoms with van der Waals surface area (Å²) in [6.45, 7) is 0. The number of nitrogens with one attached hydrogen (secondary N) is 1. The van der Waals surface area contributed by atoms with Crippen LogP contribution in [0, 0.1) is 20.2 Å². The molecule has 0 saturated heterocycles. The van der Waals surface area contributed by atoms with E-state index in [4.69, 9.17) is 4.74 Å². The number of nitro groups is 2. The minimum absolute atomic E-state index is 0.324.